The molecule has 1 rings (SSSR count). The summed E-state index contributed by atoms with van der Waals surface area (Å²) in [6, 6.07) is -17.7. The maximum absolute atomic E-state index is 14.9. The van der Waals surface area contributed by atoms with Crippen molar-refractivity contribution in [2.75, 3.05) is 62.8 Å². The van der Waals surface area contributed by atoms with Gasteiger partial charge in [0.1, 0.15) is 83.9 Å². The second-order valence-corrected chi connectivity index (χ2v) is 31.5. The smallest absolute Gasteiger partial charge is 0.278 e. The van der Waals surface area contributed by atoms with E-state index in [4.69, 9.17) is 5.73 Å². The third-order valence-electron chi connectivity index (χ3n) is 15.4. The van der Waals surface area contributed by atoms with Gasteiger partial charge in [-0.1, -0.05) is 60.8 Å². The molecule has 41 nitrogen and oxygen atoms in total. The van der Waals surface area contributed by atoms with Crippen molar-refractivity contribution in [1.82, 2.24) is 79.8 Å². The number of carbonyl (C=O) groups excluding carboxylic acids is 11. The number of hydrogen-bond acceptors (Lipinski definition) is 26. The van der Waals surface area contributed by atoms with Gasteiger partial charge >= 0.3 is 0 Å². The summed E-state index contributed by atoms with van der Waals surface area (Å²) in [6.45, 7) is 9.93. The Hall–Kier alpha value is -6.47. The lowest BCUT2D eigenvalue weighted by molar-refractivity contribution is -0.137. The van der Waals surface area contributed by atoms with Gasteiger partial charge in [0.2, 0.25) is 65.0 Å². The van der Waals surface area contributed by atoms with Crippen LogP contribution in [0.5, 0.6) is 0 Å². The lowest BCUT2D eigenvalue weighted by Crippen LogP contribution is -2.62. The summed E-state index contributed by atoms with van der Waals surface area (Å²) >= 11 is 0. The summed E-state index contributed by atoms with van der Waals surface area (Å²) in [5, 5.41) is 57.8. The van der Waals surface area contributed by atoms with E-state index in [1.807, 2.05) is 13.8 Å². The predicted molar refractivity (Wildman–Crippen MR) is 367 cm³/mol. The monoisotopic (exact) mass is 1540 g/mol. The lowest BCUT2D eigenvalue weighted by atomic mass is 9.99. The van der Waals surface area contributed by atoms with Crippen LogP contribution in [0.4, 0.5) is 0 Å². The van der Waals surface area contributed by atoms with Gasteiger partial charge in [-0.3, -0.25) is 71.0 Å². The Kier molecular flexibility index (Phi) is 42.5. The predicted octanol–water partition coefficient (Wildman–Crippen LogP) is -7.54. The van der Waals surface area contributed by atoms with Crippen LogP contribution < -0.4 is 85.5 Å². The molecular formula is C57H108N16O25S4. The Morgan fingerprint density at radius 3 is 1.30 bits per heavy atom. The van der Waals surface area contributed by atoms with Gasteiger partial charge in [-0.05, 0) is 122 Å². The fourth-order valence-electron chi connectivity index (χ4n) is 9.89. The van der Waals surface area contributed by atoms with E-state index in [1.165, 1.54) is 0 Å². The largest absolute Gasteiger partial charge is 0.391 e. The molecule has 11 amide bonds. The molecule has 13 atom stereocenters. The van der Waals surface area contributed by atoms with Crippen molar-refractivity contribution in [1.29, 1.82) is 0 Å². The zero-order chi connectivity index (χ0) is 77.9. The van der Waals surface area contributed by atoms with Crippen molar-refractivity contribution in [2.24, 2.45) is 23.5 Å². The van der Waals surface area contributed by atoms with Crippen LogP contribution >= 0.6 is 0 Å². The second kappa shape index (κ2) is 46.4. The van der Waals surface area contributed by atoms with Gasteiger partial charge in [0, 0.05) is 13.0 Å². The SMILES string of the molecule is CC[C@H](C)CCCCC(=O)N[C@@H](CCNCS(=O)(=O)O)C(=O)N[C@H](C(=O)N[C@@H](CCNCS(=O)(=O)O)C(=O)N[C@H]1CCNC(=O)[C@H]([C@@H](C)O)NC(=O)[C@H](CCNCS(=O)(=O)O)NC(=O)[C@H](CCN)NC(=O)[C@H](CC(C)C)NC(=O)[C@@H](CC(C)C)NC(=O)[C@H](CCNCS(=O)(=O)O)NC1=O)[C@@H](C)O. The van der Waals surface area contributed by atoms with Crippen LogP contribution in [0.1, 0.15) is 139 Å². The number of nitrogens with two attached hydrogens (primary N) is 1. The molecule has 0 aromatic carbocycles. The number of nitrogens with one attached hydrogen (secondary N) is 15. The topological polar surface area (TPSA) is 652 Å². The van der Waals surface area contributed by atoms with Crippen LogP contribution in [0.15, 0.2) is 0 Å². The van der Waals surface area contributed by atoms with Crippen LogP contribution in [0.2, 0.25) is 0 Å². The van der Waals surface area contributed by atoms with E-state index in [1.54, 1.807) is 27.7 Å². The van der Waals surface area contributed by atoms with E-state index in [0.29, 0.717) is 18.8 Å². The minimum absolute atomic E-state index is 0.0703. The first-order chi connectivity index (χ1) is 47.3. The molecule has 1 fully saturated rings. The fraction of sp³-hybridized carbons (Fsp3) is 0.807. The van der Waals surface area contributed by atoms with Crippen LogP contribution in [0.25, 0.3) is 0 Å². The number of unbranched alkanes of at least 4 members (excludes halogenated alkanes) is 1. The molecule has 1 aliphatic heterocycles. The van der Waals surface area contributed by atoms with E-state index in [-0.39, 0.29) is 51.1 Å². The van der Waals surface area contributed by atoms with E-state index >= 15 is 0 Å². The highest BCUT2D eigenvalue weighted by atomic mass is 32.2. The Labute approximate surface area is 595 Å². The van der Waals surface area contributed by atoms with Crippen molar-refractivity contribution in [3.8, 4) is 0 Å². The summed E-state index contributed by atoms with van der Waals surface area (Å²) in [7, 11) is -18.7. The Morgan fingerprint density at radius 1 is 0.490 bits per heavy atom. The lowest BCUT2D eigenvalue weighted by Gasteiger charge is -2.29. The molecule has 0 radical (unpaired) electrons. The van der Waals surface area contributed by atoms with Crippen LogP contribution in [-0.2, 0) is 93.2 Å². The molecule has 102 heavy (non-hydrogen) atoms. The average molecular weight is 1550 g/mol. The highest BCUT2D eigenvalue weighted by molar-refractivity contribution is 7.86. The maximum Gasteiger partial charge on any atom is 0.278 e. The molecule has 0 aromatic rings. The Balaban J connectivity index is 4.26. The number of aliphatic hydroxyl groups excluding tert-OH is 2. The minimum Gasteiger partial charge on any atom is -0.391 e. The molecular weight excluding hydrogens is 1440 g/mol. The minimum atomic E-state index is -4.75. The summed E-state index contributed by atoms with van der Waals surface area (Å²) in [5.74, 6) is -17.0. The second-order valence-electron chi connectivity index (χ2n) is 25.7. The molecule has 1 saturated heterocycles. The Bertz CT molecular complexity index is 3230. The first kappa shape index (κ1) is 93.5. The highest BCUT2D eigenvalue weighted by Gasteiger charge is 2.38. The van der Waals surface area contributed by atoms with Gasteiger partial charge in [0.15, 0.2) is 0 Å². The molecule has 0 unspecified atom stereocenters. The first-order valence-corrected chi connectivity index (χ1v) is 39.7. The number of rotatable bonds is 41. The quantitative estimate of drug-likeness (QED) is 0.0200. The van der Waals surface area contributed by atoms with Gasteiger partial charge in [0.25, 0.3) is 40.5 Å². The number of aliphatic hydroxyl groups is 2. The average Bonchev–Trinajstić information content (AvgIpc) is 0.917. The zero-order valence-corrected chi connectivity index (χ0v) is 61.8. The fourth-order valence-corrected chi connectivity index (χ4v) is 11.5. The van der Waals surface area contributed by atoms with Gasteiger partial charge in [-0.15, -0.1) is 0 Å². The molecule has 1 heterocycles. The molecule has 23 N–H and O–H groups in total. The van der Waals surface area contributed by atoms with Crippen LogP contribution in [0.3, 0.4) is 0 Å². The molecule has 45 heteroatoms. The van der Waals surface area contributed by atoms with Crippen molar-refractivity contribution in [2.45, 2.75) is 211 Å². The van der Waals surface area contributed by atoms with E-state index in [0.717, 1.165) is 26.7 Å². The molecule has 0 aliphatic carbocycles. The zero-order valence-electron chi connectivity index (χ0n) is 58.6. The number of carbonyl (C=O) groups is 11. The molecule has 0 saturated carbocycles. The van der Waals surface area contributed by atoms with E-state index in [2.05, 4.69) is 79.8 Å². The first-order valence-electron chi connectivity index (χ1n) is 33.3. The molecule has 1 aliphatic rings. The standard InChI is InChI=1S/C57H108N16O25S4/c1-9-34(6)12-10-11-13-45(76)64-38(15-21-59-28-99(87,88)89)52(81)73-47(36(8)75)57(86)69-40(17-23-61-30-101(93,94)95)49(78)68-42-19-25-63-56(85)46(35(7)74)72-53(82)41(18-24-62-31-102(96,97)98)67-48(77)37(14-20-58)65-54(83)43(26-32(2)3)71-55(84)44(27-33(4)5)70-51(80)39(66-50(42)79)16-22-60-29-100(90,91)92/h32-44,46-47,59-62,74-75H,9-31,58H2,1-8H3,(H,63,85)(H,64,76)(H,65,83)(H,66,79)(H,67,77)(H,68,78)(H,69,86)(H,70,80)(H,71,84)(H,72,82)(H,73,81)(H,87,88,89)(H,90,91,92)(H,93,94,95)(H,96,97,98)/t34-,35+,36+,37-,38-,39-,40-,41-,42-,43-,44+,46-,47-/m0/s1. The Morgan fingerprint density at radius 2 is 0.892 bits per heavy atom. The molecule has 0 bridgehead atoms. The van der Waals surface area contributed by atoms with E-state index in [9.17, 15) is 115 Å². The summed E-state index contributed by atoms with van der Waals surface area (Å²) in [6.07, 6.45) is -4.44. The molecule has 0 spiro atoms. The van der Waals surface area contributed by atoms with Gasteiger partial charge in [0.05, 0.1) is 12.2 Å². The summed E-state index contributed by atoms with van der Waals surface area (Å²) in [4.78, 5) is 157. The van der Waals surface area contributed by atoms with E-state index < -0.39 is 259 Å². The van der Waals surface area contributed by atoms with Crippen molar-refractivity contribution in [3.63, 3.8) is 0 Å². The number of amides is 11. The maximum atomic E-state index is 14.9. The van der Waals surface area contributed by atoms with Crippen molar-refractivity contribution < 1.29 is 115 Å². The normalized spacial score (nSPS) is 21.8. The van der Waals surface area contributed by atoms with Gasteiger partial charge in [-0.25, -0.2) is 0 Å². The van der Waals surface area contributed by atoms with Crippen LogP contribution in [-0.4, -0.2) is 262 Å². The van der Waals surface area contributed by atoms with Crippen molar-refractivity contribution in [3.05, 3.63) is 0 Å². The molecule has 0 aromatic heterocycles. The molecule has 590 valence electrons. The van der Waals surface area contributed by atoms with Gasteiger partial charge in [-0.2, -0.15) is 33.7 Å². The van der Waals surface area contributed by atoms with Crippen LogP contribution in [0, 0.1) is 17.8 Å². The highest BCUT2D eigenvalue weighted by Crippen LogP contribution is 2.15. The third kappa shape index (κ3) is 41.1. The van der Waals surface area contributed by atoms with Gasteiger partial charge < -0.3 is 95.7 Å². The summed E-state index contributed by atoms with van der Waals surface area (Å²) < 4.78 is 130. The van der Waals surface area contributed by atoms with Crippen molar-refractivity contribution >= 4 is 105 Å². The third-order valence-corrected chi connectivity index (χ3v) is 17.7. The summed E-state index contributed by atoms with van der Waals surface area (Å²) in [5.41, 5.74) is 5.85. The number of hydrogen-bond donors (Lipinski definition) is 22.